The van der Waals surface area contributed by atoms with Crippen LogP contribution in [0.2, 0.25) is 10.0 Å². The number of H-pyrrole nitrogens is 1. The summed E-state index contributed by atoms with van der Waals surface area (Å²) in [7, 11) is 0. The number of nitrogens with one attached hydrogen (secondary N) is 3. The molecule has 7 nitrogen and oxygen atoms in total. The number of aliphatic carboxylic acids is 1. The van der Waals surface area contributed by atoms with E-state index in [4.69, 9.17) is 23.2 Å². The van der Waals surface area contributed by atoms with Crippen LogP contribution in [0.4, 0.5) is 4.79 Å². The summed E-state index contributed by atoms with van der Waals surface area (Å²) in [6, 6.07) is 10.5. The first-order valence-electron chi connectivity index (χ1n) is 8.07. The van der Waals surface area contributed by atoms with Crippen molar-refractivity contribution in [2.75, 3.05) is 0 Å². The van der Waals surface area contributed by atoms with E-state index in [1.807, 2.05) is 24.3 Å². The summed E-state index contributed by atoms with van der Waals surface area (Å²) in [5.41, 5.74) is 2.22. The highest BCUT2D eigenvalue weighted by Gasteiger charge is 2.21. The number of rotatable bonds is 6. The van der Waals surface area contributed by atoms with Crippen LogP contribution in [0.1, 0.15) is 11.4 Å². The van der Waals surface area contributed by atoms with Crippen LogP contribution >= 0.6 is 23.2 Å². The molecule has 9 heteroatoms. The zero-order valence-electron chi connectivity index (χ0n) is 14.0. The fourth-order valence-electron chi connectivity index (χ4n) is 2.57. The minimum absolute atomic E-state index is 0.0311. The van der Waals surface area contributed by atoms with Crippen molar-refractivity contribution in [3.63, 3.8) is 0 Å². The molecule has 1 heterocycles. The van der Waals surface area contributed by atoms with Crippen molar-refractivity contribution in [2.45, 2.75) is 19.0 Å². The van der Waals surface area contributed by atoms with Crippen molar-refractivity contribution in [1.82, 2.24) is 20.6 Å². The number of aromatic amines is 1. The Morgan fingerprint density at radius 3 is 2.67 bits per heavy atom. The van der Waals surface area contributed by atoms with Gasteiger partial charge in [0, 0.05) is 16.5 Å². The smallest absolute Gasteiger partial charge is 0.326 e. The number of carbonyl (C=O) groups excluding carboxylic acids is 1. The molecule has 2 amide bonds. The molecule has 0 radical (unpaired) electrons. The number of carboxylic acid groups (broad SMARTS) is 1. The molecule has 140 valence electrons. The molecule has 0 aliphatic rings. The number of hydrogen-bond acceptors (Lipinski definition) is 3. The highest BCUT2D eigenvalue weighted by molar-refractivity contribution is 6.35. The number of para-hydroxylation sites is 2. The van der Waals surface area contributed by atoms with Crippen LogP contribution in [-0.4, -0.2) is 33.1 Å². The number of carbonyl (C=O) groups is 2. The number of benzene rings is 2. The molecular weight excluding hydrogens is 391 g/mol. The molecular formula is C18H16Cl2N4O3. The van der Waals surface area contributed by atoms with Gasteiger partial charge in [-0.2, -0.15) is 0 Å². The Morgan fingerprint density at radius 1 is 1.19 bits per heavy atom. The topological polar surface area (TPSA) is 107 Å². The van der Waals surface area contributed by atoms with E-state index in [-0.39, 0.29) is 13.0 Å². The Labute approximate surface area is 164 Å². The van der Waals surface area contributed by atoms with Crippen LogP contribution in [0.15, 0.2) is 42.5 Å². The number of halogens is 2. The third-order valence-corrected chi connectivity index (χ3v) is 4.48. The van der Waals surface area contributed by atoms with Gasteiger partial charge in [0.15, 0.2) is 0 Å². The van der Waals surface area contributed by atoms with E-state index in [0.29, 0.717) is 21.4 Å². The number of urea groups is 1. The minimum atomic E-state index is -1.17. The van der Waals surface area contributed by atoms with Crippen molar-refractivity contribution < 1.29 is 14.7 Å². The number of hydrogen-bond donors (Lipinski definition) is 4. The number of amides is 2. The largest absolute Gasteiger partial charge is 0.480 e. The quantitative estimate of drug-likeness (QED) is 0.503. The maximum Gasteiger partial charge on any atom is 0.326 e. The number of imidazole rings is 1. The number of fused-ring (bicyclic) bond motifs is 1. The Hall–Kier alpha value is -2.77. The maximum absolute atomic E-state index is 12.1. The van der Waals surface area contributed by atoms with Crippen molar-refractivity contribution >= 4 is 46.2 Å². The zero-order valence-corrected chi connectivity index (χ0v) is 15.5. The molecule has 0 aliphatic heterocycles. The summed E-state index contributed by atoms with van der Waals surface area (Å²) < 4.78 is 0. The first-order valence-corrected chi connectivity index (χ1v) is 8.82. The predicted molar refractivity (Wildman–Crippen MR) is 103 cm³/mol. The van der Waals surface area contributed by atoms with Gasteiger partial charge in [0.1, 0.15) is 11.9 Å². The van der Waals surface area contributed by atoms with E-state index >= 15 is 0 Å². The van der Waals surface area contributed by atoms with E-state index in [1.54, 1.807) is 12.1 Å². The average Bonchev–Trinajstić information content (AvgIpc) is 3.04. The minimum Gasteiger partial charge on any atom is -0.480 e. The van der Waals surface area contributed by atoms with Crippen LogP contribution < -0.4 is 10.6 Å². The lowest BCUT2D eigenvalue weighted by molar-refractivity contribution is -0.139. The number of nitrogens with zero attached hydrogens (tertiary/aromatic N) is 1. The Balaban J connectivity index is 1.60. The van der Waals surface area contributed by atoms with Crippen LogP contribution in [0.25, 0.3) is 11.0 Å². The third kappa shape index (κ3) is 4.90. The van der Waals surface area contributed by atoms with Gasteiger partial charge in [0.2, 0.25) is 0 Å². The third-order valence-electron chi connectivity index (χ3n) is 3.90. The molecule has 1 aromatic heterocycles. The van der Waals surface area contributed by atoms with Gasteiger partial charge in [-0.15, -0.1) is 0 Å². The Bertz CT molecular complexity index is 957. The summed E-state index contributed by atoms with van der Waals surface area (Å²) in [5.74, 6) is -0.598. The molecule has 0 aliphatic carbocycles. The second-order valence-corrected chi connectivity index (χ2v) is 6.70. The van der Waals surface area contributed by atoms with E-state index in [0.717, 1.165) is 11.0 Å². The highest BCUT2D eigenvalue weighted by atomic mass is 35.5. The van der Waals surface area contributed by atoms with Gasteiger partial charge in [-0.1, -0.05) is 41.4 Å². The number of carboxylic acids is 1. The molecule has 1 atom stereocenters. The second kappa shape index (κ2) is 8.28. The molecule has 3 aromatic rings. The van der Waals surface area contributed by atoms with Gasteiger partial charge in [-0.25, -0.2) is 14.6 Å². The average molecular weight is 407 g/mol. The maximum atomic E-state index is 12.1. The van der Waals surface area contributed by atoms with Crippen molar-refractivity contribution in [3.05, 3.63) is 63.9 Å². The molecule has 0 bridgehead atoms. The molecule has 27 heavy (non-hydrogen) atoms. The first kappa shape index (κ1) is 19.0. The molecule has 0 saturated carbocycles. The van der Waals surface area contributed by atoms with Gasteiger partial charge in [0.05, 0.1) is 17.6 Å². The Kier molecular flexibility index (Phi) is 5.83. The van der Waals surface area contributed by atoms with Crippen molar-refractivity contribution in [2.24, 2.45) is 0 Å². The van der Waals surface area contributed by atoms with E-state index in [1.165, 1.54) is 6.07 Å². The summed E-state index contributed by atoms with van der Waals surface area (Å²) in [4.78, 5) is 31.0. The van der Waals surface area contributed by atoms with Crippen molar-refractivity contribution in [3.8, 4) is 0 Å². The second-order valence-electron chi connectivity index (χ2n) is 5.86. The molecule has 0 spiro atoms. The van der Waals surface area contributed by atoms with Gasteiger partial charge in [0.25, 0.3) is 0 Å². The standard InChI is InChI=1S/C18H16Cl2N4O3/c19-11-6-5-10(12(20)8-11)7-15(17(25)26)24-18(27)21-9-16-22-13-3-1-2-4-14(13)23-16/h1-6,8,15H,7,9H2,(H,22,23)(H,25,26)(H2,21,24,27)/t15-/m0/s1. The van der Waals surface area contributed by atoms with Crippen LogP contribution in [0.5, 0.6) is 0 Å². The molecule has 0 unspecified atom stereocenters. The highest BCUT2D eigenvalue weighted by Crippen LogP contribution is 2.22. The fourth-order valence-corrected chi connectivity index (χ4v) is 3.06. The molecule has 0 fully saturated rings. The molecule has 4 N–H and O–H groups in total. The van der Waals surface area contributed by atoms with E-state index < -0.39 is 18.0 Å². The summed E-state index contributed by atoms with van der Waals surface area (Å²) in [6.45, 7) is 0.133. The lowest BCUT2D eigenvalue weighted by atomic mass is 10.1. The van der Waals surface area contributed by atoms with Gasteiger partial charge < -0.3 is 20.7 Å². The lowest BCUT2D eigenvalue weighted by Crippen LogP contribution is -2.47. The van der Waals surface area contributed by atoms with Gasteiger partial charge in [-0.05, 0) is 29.8 Å². The van der Waals surface area contributed by atoms with E-state index in [9.17, 15) is 14.7 Å². The molecule has 2 aromatic carbocycles. The molecule has 3 rings (SSSR count). The fraction of sp³-hybridized carbons (Fsp3) is 0.167. The van der Waals surface area contributed by atoms with Gasteiger partial charge in [-0.3, -0.25) is 0 Å². The predicted octanol–water partition coefficient (Wildman–Crippen LogP) is 3.36. The SMILES string of the molecule is O=C(NCc1nc2ccccc2[nH]1)N[C@@H](Cc1ccc(Cl)cc1Cl)C(=O)O. The van der Waals surface area contributed by atoms with Gasteiger partial charge >= 0.3 is 12.0 Å². The zero-order chi connectivity index (χ0) is 19.4. The summed E-state index contributed by atoms with van der Waals surface area (Å²) in [6.07, 6.45) is 0.0311. The lowest BCUT2D eigenvalue weighted by Gasteiger charge is -2.16. The summed E-state index contributed by atoms with van der Waals surface area (Å²) in [5, 5.41) is 15.2. The first-order chi connectivity index (χ1) is 12.9. The van der Waals surface area contributed by atoms with Crippen LogP contribution in [0, 0.1) is 0 Å². The molecule has 0 saturated heterocycles. The number of aromatic nitrogens is 2. The normalized spacial score (nSPS) is 11.9. The van der Waals surface area contributed by atoms with Crippen molar-refractivity contribution in [1.29, 1.82) is 0 Å². The Morgan fingerprint density at radius 2 is 1.96 bits per heavy atom. The monoisotopic (exact) mass is 406 g/mol. The van der Waals surface area contributed by atoms with E-state index in [2.05, 4.69) is 20.6 Å². The summed E-state index contributed by atoms with van der Waals surface area (Å²) >= 11 is 11.9. The van der Waals surface area contributed by atoms with Crippen LogP contribution in [0.3, 0.4) is 0 Å². The van der Waals surface area contributed by atoms with Crippen LogP contribution in [-0.2, 0) is 17.8 Å².